The number of hydrogen-bond donors (Lipinski definition) is 0. The van der Waals surface area contributed by atoms with Gasteiger partial charge in [0.1, 0.15) is 16.5 Å². The number of hydrogen-bond acceptors (Lipinski definition) is 4. The van der Waals surface area contributed by atoms with Crippen LogP contribution in [-0.2, 0) is 13.0 Å². The molecule has 0 fully saturated rings. The zero-order chi connectivity index (χ0) is 19.8. The Balaban J connectivity index is 2.00. The summed E-state index contributed by atoms with van der Waals surface area (Å²) in [6.45, 7) is 6.49. The van der Waals surface area contributed by atoms with Crippen LogP contribution >= 0.6 is 22.7 Å². The maximum absolute atomic E-state index is 13.7. The van der Waals surface area contributed by atoms with Crippen molar-refractivity contribution < 1.29 is 4.39 Å². The number of rotatable bonds is 5. The normalized spacial score (nSPS) is 11.6. The smallest absolute Gasteiger partial charge is 0.263 e. The van der Waals surface area contributed by atoms with Crippen LogP contribution in [0.1, 0.15) is 43.0 Å². The molecule has 0 aliphatic carbocycles. The van der Waals surface area contributed by atoms with E-state index in [9.17, 15) is 9.18 Å². The third-order valence-corrected chi connectivity index (χ3v) is 6.86. The lowest BCUT2D eigenvalue weighted by molar-refractivity contribution is 0.612. The first-order valence-corrected chi connectivity index (χ1v) is 11.0. The molecule has 0 spiro atoms. The lowest BCUT2D eigenvalue weighted by atomic mass is 10.1. The van der Waals surface area contributed by atoms with E-state index in [4.69, 9.17) is 4.98 Å². The fraction of sp³-hybridized carbons (Fsp3) is 0.273. The fourth-order valence-electron chi connectivity index (χ4n) is 3.49. The van der Waals surface area contributed by atoms with Crippen molar-refractivity contribution in [3.63, 3.8) is 0 Å². The van der Waals surface area contributed by atoms with Crippen LogP contribution < -0.4 is 5.56 Å². The van der Waals surface area contributed by atoms with Crippen LogP contribution in [0.3, 0.4) is 0 Å². The van der Waals surface area contributed by atoms with E-state index in [2.05, 4.69) is 13.0 Å². The molecule has 0 atom stereocenters. The zero-order valence-corrected chi connectivity index (χ0v) is 17.7. The van der Waals surface area contributed by atoms with Crippen molar-refractivity contribution in [3.05, 3.63) is 74.2 Å². The third kappa shape index (κ3) is 3.31. The summed E-state index contributed by atoms with van der Waals surface area (Å²) in [5.41, 5.74) is 1.73. The number of aromatic nitrogens is 2. The van der Waals surface area contributed by atoms with E-state index in [1.807, 2.05) is 31.4 Å². The van der Waals surface area contributed by atoms with Crippen LogP contribution in [0.5, 0.6) is 0 Å². The van der Waals surface area contributed by atoms with Gasteiger partial charge in [-0.05, 0) is 35.6 Å². The highest BCUT2D eigenvalue weighted by atomic mass is 32.1. The monoisotopic (exact) mass is 412 g/mol. The van der Waals surface area contributed by atoms with Crippen LogP contribution in [0.2, 0.25) is 0 Å². The molecular weight excluding hydrogens is 391 g/mol. The molecule has 0 N–H and O–H groups in total. The Morgan fingerprint density at radius 1 is 1.21 bits per heavy atom. The van der Waals surface area contributed by atoms with Gasteiger partial charge in [-0.25, -0.2) is 9.37 Å². The lowest BCUT2D eigenvalue weighted by Crippen LogP contribution is -2.26. The van der Waals surface area contributed by atoms with Crippen LogP contribution in [0.25, 0.3) is 20.7 Å². The van der Waals surface area contributed by atoms with Crippen LogP contribution in [-0.4, -0.2) is 9.55 Å². The standard InChI is InChI=1S/C22H21FN2OS2/c1-4-16-18(17-9-6-10-27-17)19-21(28-16)24-20(13(2)3)25(22(19)26)12-14-7-5-8-15(23)11-14/h5-11,13H,4,12H2,1-3H3. The summed E-state index contributed by atoms with van der Waals surface area (Å²) in [4.78, 5) is 21.6. The molecule has 0 aliphatic heterocycles. The van der Waals surface area contributed by atoms with Gasteiger partial charge in [-0.3, -0.25) is 9.36 Å². The summed E-state index contributed by atoms with van der Waals surface area (Å²) in [7, 11) is 0. The van der Waals surface area contributed by atoms with E-state index >= 15 is 0 Å². The highest BCUT2D eigenvalue weighted by Gasteiger charge is 2.22. The van der Waals surface area contributed by atoms with E-state index < -0.39 is 0 Å². The second-order valence-corrected chi connectivity index (χ2v) is 9.09. The van der Waals surface area contributed by atoms with Gasteiger partial charge >= 0.3 is 0 Å². The van der Waals surface area contributed by atoms with Crippen molar-refractivity contribution in [1.82, 2.24) is 9.55 Å². The highest BCUT2D eigenvalue weighted by molar-refractivity contribution is 7.20. The molecule has 28 heavy (non-hydrogen) atoms. The second kappa shape index (κ2) is 7.60. The molecule has 0 saturated carbocycles. The minimum Gasteiger partial charge on any atom is -0.291 e. The summed E-state index contributed by atoms with van der Waals surface area (Å²) >= 11 is 3.24. The maximum atomic E-state index is 13.7. The summed E-state index contributed by atoms with van der Waals surface area (Å²) in [6, 6.07) is 10.5. The predicted octanol–water partition coefficient (Wildman–Crippen LogP) is 6.06. The average molecular weight is 413 g/mol. The number of benzene rings is 1. The molecule has 0 bridgehead atoms. The van der Waals surface area contributed by atoms with Crippen molar-refractivity contribution in [3.8, 4) is 10.4 Å². The summed E-state index contributed by atoms with van der Waals surface area (Å²) < 4.78 is 15.4. The molecule has 0 amide bonds. The zero-order valence-electron chi connectivity index (χ0n) is 16.0. The first-order valence-electron chi connectivity index (χ1n) is 9.34. The average Bonchev–Trinajstić information content (AvgIpc) is 3.30. The Morgan fingerprint density at radius 2 is 2.04 bits per heavy atom. The quantitative estimate of drug-likeness (QED) is 0.399. The fourth-order valence-corrected chi connectivity index (χ4v) is 5.48. The van der Waals surface area contributed by atoms with Gasteiger partial charge in [-0.15, -0.1) is 22.7 Å². The van der Waals surface area contributed by atoms with E-state index in [0.717, 1.165) is 33.1 Å². The largest absolute Gasteiger partial charge is 0.291 e. The first-order chi connectivity index (χ1) is 13.5. The highest BCUT2D eigenvalue weighted by Crippen LogP contribution is 2.39. The number of halogens is 1. The van der Waals surface area contributed by atoms with Crippen LogP contribution in [0.15, 0.2) is 46.6 Å². The number of aryl methyl sites for hydroxylation is 1. The summed E-state index contributed by atoms with van der Waals surface area (Å²) in [5, 5.41) is 2.71. The molecule has 4 aromatic rings. The predicted molar refractivity (Wildman–Crippen MR) is 116 cm³/mol. The van der Waals surface area contributed by atoms with Gasteiger partial charge in [-0.1, -0.05) is 39.0 Å². The Labute approximate surface area is 171 Å². The molecule has 3 aromatic heterocycles. The molecule has 6 heteroatoms. The van der Waals surface area contributed by atoms with Crippen molar-refractivity contribution in [1.29, 1.82) is 0 Å². The van der Waals surface area contributed by atoms with E-state index in [0.29, 0.717) is 11.9 Å². The number of thiophene rings is 2. The van der Waals surface area contributed by atoms with Gasteiger partial charge in [0.2, 0.25) is 0 Å². The molecule has 3 nitrogen and oxygen atoms in total. The Bertz CT molecular complexity index is 1190. The van der Waals surface area contributed by atoms with Gasteiger partial charge < -0.3 is 0 Å². The van der Waals surface area contributed by atoms with Crippen molar-refractivity contribution in [2.45, 2.75) is 39.7 Å². The molecule has 3 heterocycles. The summed E-state index contributed by atoms with van der Waals surface area (Å²) in [5.74, 6) is 0.528. The molecule has 0 unspecified atom stereocenters. The van der Waals surface area contributed by atoms with Gasteiger partial charge in [-0.2, -0.15) is 0 Å². The molecule has 0 radical (unpaired) electrons. The molecule has 0 saturated heterocycles. The Hall–Kier alpha value is -2.31. The van der Waals surface area contributed by atoms with Crippen molar-refractivity contribution in [2.75, 3.05) is 0 Å². The molecule has 0 aliphatic rings. The van der Waals surface area contributed by atoms with Gasteiger partial charge in [0.15, 0.2) is 0 Å². The Morgan fingerprint density at radius 3 is 2.68 bits per heavy atom. The third-order valence-electron chi connectivity index (χ3n) is 4.75. The van der Waals surface area contributed by atoms with Crippen molar-refractivity contribution in [2.24, 2.45) is 0 Å². The van der Waals surface area contributed by atoms with Crippen LogP contribution in [0.4, 0.5) is 4.39 Å². The number of nitrogens with zero attached hydrogens (tertiary/aromatic N) is 2. The number of fused-ring (bicyclic) bond motifs is 1. The molecule has 1 aromatic carbocycles. The van der Waals surface area contributed by atoms with E-state index in [1.54, 1.807) is 33.3 Å². The van der Waals surface area contributed by atoms with Crippen molar-refractivity contribution >= 4 is 32.9 Å². The lowest BCUT2D eigenvalue weighted by Gasteiger charge is -2.15. The maximum Gasteiger partial charge on any atom is 0.263 e. The van der Waals surface area contributed by atoms with Crippen LogP contribution in [0, 0.1) is 5.82 Å². The molecule has 144 valence electrons. The first kappa shape index (κ1) is 19.0. The van der Waals surface area contributed by atoms with Gasteiger partial charge in [0, 0.05) is 21.2 Å². The second-order valence-electron chi connectivity index (χ2n) is 7.06. The Kier molecular flexibility index (Phi) is 5.17. The van der Waals surface area contributed by atoms with Gasteiger partial charge in [0.05, 0.1) is 11.9 Å². The molecular formula is C22H21FN2OS2. The van der Waals surface area contributed by atoms with E-state index in [1.165, 1.54) is 17.0 Å². The van der Waals surface area contributed by atoms with E-state index in [-0.39, 0.29) is 17.3 Å². The molecule has 4 rings (SSSR count). The topological polar surface area (TPSA) is 34.9 Å². The SMILES string of the molecule is CCc1sc2nc(C(C)C)n(Cc3cccc(F)c3)c(=O)c2c1-c1cccs1. The minimum atomic E-state index is -0.297. The summed E-state index contributed by atoms with van der Waals surface area (Å²) in [6.07, 6.45) is 0.856. The van der Waals surface area contributed by atoms with Gasteiger partial charge in [0.25, 0.3) is 5.56 Å². The minimum absolute atomic E-state index is 0.0442.